The fourth-order valence-electron chi connectivity index (χ4n) is 2.43. The first-order valence-corrected chi connectivity index (χ1v) is 8.19. The zero-order valence-electron chi connectivity index (χ0n) is 12.4. The molecule has 1 heterocycles. The number of carbonyl (C=O) groups is 1. The molecule has 0 unspecified atom stereocenters. The van der Waals surface area contributed by atoms with E-state index in [2.05, 4.69) is 6.07 Å². The van der Waals surface area contributed by atoms with E-state index in [0.29, 0.717) is 9.23 Å². The number of rotatable bonds is 2. The minimum atomic E-state index is -0.0502. The van der Waals surface area contributed by atoms with Crippen LogP contribution in [0.4, 0.5) is 5.69 Å². The molecule has 110 valence electrons. The van der Waals surface area contributed by atoms with Gasteiger partial charge in [-0.1, -0.05) is 72.0 Å². The van der Waals surface area contributed by atoms with Gasteiger partial charge in [-0.3, -0.25) is 9.69 Å². The molecule has 1 fully saturated rings. The van der Waals surface area contributed by atoms with E-state index < -0.39 is 0 Å². The van der Waals surface area contributed by atoms with Crippen molar-refractivity contribution in [1.29, 1.82) is 0 Å². The van der Waals surface area contributed by atoms with Crippen molar-refractivity contribution in [2.24, 2.45) is 0 Å². The molecule has 4 heteroatoms. The minimum Gasteiger partial charge on any atom is -0.268 e. The highest BCUT2D eigenvalue weighted by molar-refractivity contribution is 8.27. The Morgan fingerprint density at radius 1 is 1.09 bits per heavy atom. The Bertz CT molecular complexity index is 781. The van der Waals surface area contributed by atoms with E-state index >= 15 is 0 Å². The summed E-state index contributed by atoms with van der Waals surface area (Å²) in [6.45, 7) is 4.04. The van der Waals surface area contributed by atoms with Gasteiger partial charge in [0.1, 0.15) is 0 Å². The molecular formula is C18H15NOS2. The van der Waals surface area contributed by atoms with Crippen LogP contribution in [0, 0.1) is 13.8 Å². The third-order valence-corrected chi connectivity index (χ3v) is 4.79. The number of benzene rings is 2. The van der Waals surface area contributed by atoms with Gasteiger partial charge in [0.2, 0.25) is 0 Å². The van der Waals surface area contributed by atoms with E-state index in [4.69, 9.17) is 12.2 Å². The molecule has 0 aliphatic carbocycles. The van der Waals surface area contributed by atoms with Crippen LogP contribution in [0.15, 0.2) is 53.4 Å². The van der Waals surface area contributed by atoms with Crippen molar-refractivity contribution in [2.75, 3.05) is 4.90 Å². The van der Waals surface area contributed by atoms with Crippen LogP contribution >= 0.6 is 24.0 Å². The van der Waals surface area contributed by atoms with E-state index in [1.165, 1.54) is 17.3 Å². The fourth-order valence-corrected chi connectivity index (χ4v) is 3.72. The van der Waals surface area contributed by atoms with Gasteiger partial charge in [-0.2, -0.15) is 0 Å². The summed E-state index contributed by atoms with van der Waals surface area (Å²) < 4.78 is 0.583. The van der Waals surface area contributed by atoms with Gasteiger partial charge < -0.3 is 0 Å². The summed E-state index contributed by atoms with van der Waals surface area (Å²) in [4.78, 5) is 15.0. The Balaban J connectivity index is 1.97. The number of thiocarbonyl (C=S) groups is 1. The molecule has 0 atom stereocenters. The molecule has 2 nitrogen and oxygen atoms in total. The number of nitrogens with zero attached hydrogens (tertiary/aromatic N) is 1. The normalized spacial score (nSPS) is 16.6. The molecular weight excluding hydrogens is 310 g/mol. The molecule has 1 aliphatic heterocycles. The van der Waals surface area contributed by atoms with Crippen molar-refractivity contribution >= 4 is 46.0 Å². The number of hydrogen-bond acceptors (Lipinski definition) is 3. The third-order valence-electron chi connectivity index (χ3n) is 3.48. The van der Waals surface area contributed by atoms with E-state index in [0.717, 1.165) is 16.8 Å². The highest BCUT2D eigenvalue weighted by atomic mass is 32.2. The first-order chi connectivity index (χ1) is 10.6. The molecule has 0 radical (unpaired) electrons. The zero-order valence-corrected chi connectivity index (χ0v) is 14.0. The molecule has 2 aromatic rings. The van der Waals surface area contributed by atoms with Crippen molar-refractivity contribution in [3.05, 3.63) is 70.1 Å². The molecule has 3 rings (SSSR count). The summed E-state index contributed by atoms with van der Waals surface area (Å²) in [5, 5.41) is 0. The zero-order chi connectivity index (χ0) is 15.7. The Kier molecular flexibility index (Phi) is 4.14. The molecule has 0 spiro atoms. The lowest BCUT2D eigenvalue weighted by Gasteiger charge is -2.17. The molecule has 1 saturated heterocycles. The SMILES string of the molecule is Cc1ccc(N2C(=O)/C(=C/c3ccccc3)SC2=S)c(C)c1. The number of hydrogen-bond donors (Lipinski definition) is 0. The van der Waals surface area contributed by atoms with Crippen LogP contribution in [0.25, 0.3) is 6.08 Å². The number of amides is 1. The standard InChI is InChI=1S/C18H15NOS2/c1-12-8-9-15(13(2)10-12)19-17(20)16(22-18(19)21)11-14-6-4-3-5-7-14/h3-11H,1-2H3/b16-11-. The Labute approximate surface area is 139 Å². The third kappa shape index (κ3) is 2.85. The Morgan fingerprint density at radius 3 is 2.50 bits per heavy atom. The molecule has 0 N–H and O–H groups in total. The monoisotopic (exact) mass is 325 g/mol. The van der Waals surface area contributed by atoms with Gasteiger partial charge in [0.05, 0.1) is 10.6 Å². The van der Waals surface area contributed by atoms with Crippen LogP contribution in [-0.2, 0) is 4.79 Å². The molecule has 0 bridgehead atoms. The summed E-state index contributed by atoms with van der Waals surface area (Å²) in [7, 11) is 0. The van der Waals surface area contributed by atoms with Crippen molar-refractivity contribution in [1.82, 2.24) is 0 Å². The number of carbonyl (C=O) groups excluding carboxylic acids is 1. The van der Waals surface area contributed by atoms with Crippen LogP contribution in [0.2, 0.25) is 0 Å². The summed E-state index contributed by atoms with van der Waals surface area (Å²) in [6, 6.07) is 15.8. The maximum absolute atomic E-state index is 12.7. The van der Waals surface area contributed by atoms with Crippen LogP contribution in [0.3, 0.4) is 0 Å². The minimum absolute atomic E-state index is 0.0502. The van der Waals surface area contributed by atoms with Crippen LogP contribution in [0.1, 0.15) is 16.7 Å². The second kappa shape index (κ2) is 6.07. The van der Waals surface area contributed by atoms with Crippen molar-refractivity contribution in [3.63, 3.8) is 0 Å². The second-order valence-corrected chi connectivity index (χ2v) is 6.89. The van der Waals surface area contributed by atoms with Crippen LogP contribution in [-0.4, -0.2) is 10.2 Å². The summed E-state index contributed by atoms with van der Waals surface area (Å²) >= 11 is 6.77. The maximum Gasteiger partial charge on any atom is 0.270 e. The molecule has 0 aromatic heterocycles. The summed E-state index contributed by atoms with van der Waals surface area (Å²) in [5.74, 6) is -0.0502. The van der Waals surface area contributed by atoms with Gasteiger partial charge >= 0.3 is 0 Å². The first kappa shape index (κ1) is 15.0. The number of thioether (sulfide) groups is 1. The molecule has 2 aromatic carbocycles. The lowest BCUT2D eigenvalue weighted by atomic mass is 10.1. The molecule has 1 aliphatic rings. The summed E-state index contributed by atoms with van der Waals surface area (Å²) in [6.07, 6.45) is 1.89. The highest BCUT2D eigenvalue weighted by Crippen LogP contribution is 2.37. The lowest BCUT2D eigenvalue weighted by molar-refractivity contribution is -0.113. The predicted octanol–water partition coefficient (Wildman–Crippen LogP) is 4.71. The Hall–Kier alpha value is -1.91. The first-order valence-electron chi connectivity index (χ1n) is 6.96. The maximum atomic E-state index is 12.7. The van der Waals surface area contributed by atoms with Gasteiger partial charge in [0, 0.05) is 0 Å². The van der Waals surface area contributed by atoms with Gasteiger partial charge in [-0.05, 0) is 37.1 Å². The Morgan fingerprint density at radius 2 is 1.82 bits per heavy atom. The quantitative estimate of drug-likeness (QED) is 0.589. The second-order valence-electron chi connectivity index (χ2n) is 5.22. The lowest BCUT2D eigenvalue weighted by Crippen LogP contribution is -2.28. The van der Waals surface area contributed by atoms with Crippen molar-refractivity contribution in [3.8, 4) is 0 Å². The average Bonchev–Trinajstić information content (AvgIpc) is 2.75. The highest BCUT2D eigenvalue weighted by Gasteiger charge is 2.33. The van der Waals surface area contributed by atoms with Gasteiger partial charge in [0.25, 0.3) is 5.91 Å². The smallest absolute Gasteiger partial charge is 0.268 e. The summed E-state index contributed by atoms with van der Waals surface area (Å²) in [5.41, 5.74) is 4.09. The van der Waals surface area contributed by atoms with E-state index in [9.17, 15) is 4.79 Å². The molecule has 0 saturated carbocycles. The predicted molar refractivity (Wildman–Crippen MR) is 98.0 cm³/mol. The fraction of sp³-hybridized carbons (Fsp3) is 0.111. The molecule has 22 heavy (non-hydrogen) atoms. The van der Waals surface area contributed by atoms with Crippen LogP contribution < -0.4 is 4.90 Å². The number of anilines is 1. The topological polar surface area (TPSA) is 20.3 Å². The number of aryl methyl sites for hydroxylation is 2. The van der Waals surface area contributed by atoms with Gasteiger partial charge in [0.15, 0.2) is 4.32 Å². The molecule has 1 amide bonds. The average molecular weight is 325 g/mol. The van der Waals surface area contributed by atoms with Gasteiger partial charge in [-0.15, -0.1) is 0 Å². The van der Waals surface area contributed by atoms with Gasteiger partial charge in [-0.25, -0.2) is 0 Å². The van der Waals surface area contributed by atoms with Crippen molar-refractivity contribution < 1.29 is 4.79 Å². The van der Waals surface area contributed by atoms with Crippen molar-refractivity contribution in [2.45, 2.75) is 13.8 Å². The van der Waals surface area contributed by atoms with E-state index in [1.54, 1.807) is 4.90 Å². The van der Waals surface area contributed by atoms with Crippen LogP contribution in [0.5, 0.6) is 0 Å². The van der Waals surface area contributed by atoms with E-state index in [-0.39, 0.29) is 5.91 Å². The van der Waals surface area contributed by atoms with E-state index in [1.807, 2.05) is 62.4 Å². The largest absolute Gasteiger partial charge is 0.270 e.